The number of hydrogen-bond donors (Lipinski definition) is 1. The van der Waals surface area contributed by atoms with E-state index in [0.29, 0.717) is 0 Å². The number of carbonyl (C=O) groups is 1. The molecule has 24 heavy (non-hydrogen) atoms. The van der Waals surface area contributed by atoms with Crippen LogP contribution >= 0.6 is 0 Å². The third-order valence-electron chi connectivity index (χ3n) is 3.68. The molecule has 7 heteroatoms. The van der Waals surface area contributed by atoms with Crippen LogP contribution in [0.1, 0.15) is 19.4 Å². The van der Waals surface area contributed by atoms with Gasteiger partial charge in [-0.3, -0.25) is 9.52 Å². The molecule has 0 aliphatic rings. The summed E-state index contributed by atoms with van der Waals surface area (Å²) in [5.74, 6) is -0.899. The second kappa shape index (κ2) is 7.00. The third kappa shape index (κ3) is 3.91. The standard InChI is InChI=1S/C17H19FN2O3S/c1-4-13-5-8-15(9-6-13)24(22,23)19-16-11-14(18)7-10-17(16)20(3)12(2)21/h5-11,19H,4H2,1-3H3. The molecule has 0 aliphatic heterocycles. The number of amides is 1. The maximum absolute atomic E-state index is 13.5. The van der Waals surface area contributed by atoms with Crippen LogP contribution in [0.4, 0.5) is 15.8 Å². The second-order valence-corrected chi connectivity index (χ2v) is 7.02. The summed E-state index contributed by atoms with van der Waals surface area (Å²) < 4.78 is 40.9. The Labute approximate surface area is 141 Å². The van der Waals surface area contributed by atoms with Crippen molar-refractivity contribution in [2.45, 2.75) is 25.2 Å². The van der Waals surface area contributed by atoms with Crippen LogP contribution in [0.2, 0.25) is 0 Å². The first-order valence-corrected chi connectivity index (χ1v) is 8.88. The lowest BCUT2D eigenvalue weighted by molar-refractivity contribution is -0.116. The lowest BCUT2D eigenvalue weighted by Crippen LogP contribution is -2.25. The molecule has 0 saturated carbocycles. The SMILES string of the molecule is CCc1ccc(S(=O)(=O)Nc2cc(F)ccc2N(C)C(C)=O)cc1. The first-order valence-electron chi connectivity index (χ1n) is 7.40. The fourth-order valence-electron chi connectivity index (χ4n) is 2.16. The van der Waals surface area contributed by atoms with Gasteiger partial charge in [-0.25, -0.2) is 12.8 Å². The average Bonchev–Trinajstić information content (AvgIpc) is 2.54. The first kappa shape index (κ1) is 17.9. The zero-order valence-electron chi connectivity index (χ0n) is 13.7. The molecule has 0 aromatic heterocycles. The van der Waals surface area contributed by atoms with Gasteiger partial charge in [0.05, 0.1) is 16.3 Å². The van der Waals surface area contributed by atoms with Gasteiger partial charge in [0.1, 0.15) is 5.82 Å². The Morgan fingerprint density at radius 3 is 2.33 bits per heavy atom. The number of benzene rings is 2. The van der Waals surface area contributed by atoms with Gasteiger partial charge in [-0.1, -0.05) is 19.1 Å². The van der Waals surface area contributed by atoms with E-state index in [2.05, 4.69) is 4.72 Å². The zero-order valence-corrected chi connectivity index (χ0v) is 14.5. The van der Waals surface area contributed by atoms with Crippen LogP contribution in [-0.4, -0.2) is 21.4 Å². The summed E-state index contributed by atoms with van der Waals surface area (Å²) in [7, 11) is -2.40. The molecule has 128 valence electrons. The molecule has 0 saturated heterocycles. The lowest BCUT2D eigenvalue weighted by Gasteiger charge is -2.20. The van der Waals surface area contributed by atoms with Gasteiger partial charge in [0.2, 0.25) is 5.91 Å². The Morgan fingerprint density at radius 1 is 1.17 bits per heavy atom. The molecule has 2 aromatic rings. The van der Waals surface area contributed by atoms with Crippen molar-refractivity contribution in [3.05, 3.63) is 53.8 Å². The van der Waals surface area contributed by atoms with E-state index in [1.54, 1.807) is 12.1 Å². The first-order chi connectivity index (χ1) is 11.2. The minimum Gasteiger partial charge on any atom is -0.314 e. The van der Waals surface area contributed by atoms with Gasteiger partial charge in [-0.05, 0) is 36.2 Å². The second-order valence-electron chi connectivity index (χ2n) is 5.34. The van der Waals surface area contributed by atoms with E-state index in [1.807, 2.05) is 6.92 Å². The van der Waals surface area contributed by atoms with E-state index in [9.17, 15) is 17.6 Å². The number of aryl methyl sites for hydroxylation is 1. The molecule has 0 unspecified atom stereocenters. The number of nitrogens with one attached hydrogen (secondary N) is 1. The number of carbonyl (C=O) groups excluding carboxylic acids is 1. The molecule has 0 heterocycles. The Hall–Kier alpha value is -2.41. The summed E-state index contributed by atoms with van der Waals surface area (Å²) in [6, 6.07) is 10.0. The summed E-state index contributed by atoms with van der Waals surface area (Å²) in [5.41, 5.74) is 1.29. The van der Waals surface area contributed by atoms with Crippen molar-refractivity contribution in [3.8, 4) is 0 Å². The predicted octanol–water partition coefficient (Wildman–Crippen LogP) is 3.17. The quantitative estimate of drug-likeness (QED) is 0.901. The largest absolute Gasteiger partial charge is 0.314 e. The van der Waals surface area contributed by atoms with E-state index < -0.39 is 15.8 Å². The number of nitrogens with zero attached hydrogens (tertiary/aromatic N) is 1. The van der Waals surface area contributed by atoms with Crippen molar-refractivity contribution in [2.75, 3.05) is 16.7 Å². The van der Waals surface area contributed by atoms with Gasteiger partial charge in [-0.2, -0.15) is 0 Å². The highest BCUT2D eigenvalue weighted by atomic mass is 32.2. The minimum atomic E-state index is -3.89. The van der Waals surface area contributed by atoms with Crippen molar-refractivity contribution >= 4 is 27.3 Å². The molecule has 0 spiro atoms. The highest BCUT2D eigenvalue weighted by Gasteiger charge is 2.19. The van der Waals surface area contributed by atoms with Gasteiger partial charge in [0.15, 0.2) is 0 Å². The fraction of sp³-hybridized carbons (Fsp3) is 0.235. The van der Waals surface area contributed by atoms with E-state index in [1.165, 1.54) is 43.1 Å². The van der Waals surface area contributed by atoms with E-state index in [-0.39, 0.29) is 22.2 Å². The maximum atomic E-state index is 13.5. The van der Waals surface area contributed by atoms with Crippen LogP contribution < -0.4 is 9.62 Å². The Kier molecular flexibility index (Phi) is 5.23. The van der Waals surface area contributed by atoms with Crippen LogP contribution in [0, 0.1) is 5.82 Å². The topological polar surface area (TPSA) is 66.5 Å². The van der Waals surface area contributed by atoms with Crippen molar-refractivity contribution in [1.29, 1.82) is 0 Å². The van der Waals surface area contributed by atoms with Gasteiger partial charge < -0.3 is 4.90 Å². The van der Waals surface area contributed by atoms with Crippen LogP contribution in [0.15, 0.2) is 47.4 Å². The van der Waals surface area contributed by atoms with Crippen molar-refractivity contribution in [2.24, 2.45) is 0 Å². The molecule has 5 nitrogen and oxygen atoms in total. The van der Waals surface area contributed by atoms with E-state index in [0.717, 1.165) is 18.1 Å². The molecule has 0 atom stereocenters. The zero-order chi connectivity index (χ0) is 17.9. The molecule has 2 rings (SSSR count). The number of sulfonamides is 1. The molecule has 0 aliphatic carbocycles. The summed E-state index contributed by atoms with van der Waals surface area (Å²) in [4.78, 5) is 12.9. The van der Waals surface area contributed by atoms with Crippen molar-refractivity contribution in [1.82, 2.24) is 0 Å². The Morgan fingerprint density at radius 2 is 1.79 bits per heavy atom. The number of anilines is 2. The molecule has 1 amide bonds. The highest BCUT2D eigenvalue weighted by Crippen LogP contribution is 2.28. The number of rotatable bonds is 5. The summed E-state index contributed by atoms with van der Waals surface area (Å²) in [6.07, 6.45) is 0.797. The third-order valence-corrected chi connectivity index (χ3v) is 5.06. The number of hydrogen-bond acceptors (Lipinski definition) is 3. The molecular formula is C17H19FN2O3S. The van der Waals surface area contributed by atoms with Crippen molar-refractivity contribution in [3.63, 3.8) is 0 Å². The normalized spacial score (nSPS) is 11.2. The summed E-state index contributed by atoms with van der Waals surface area (Å²) in [5, 5.41) is 0. The van der Waals surface area contributed by atoms with Gasteiger partial charge in [-0.15, -0.1) is 0 Å². The molecule has 1 N–H and O–H groups in total. The number of halogens is 1. The Bertz CT molecular complexity index is 849. The molecule has 2 aromatic carbocycles. The molecular weight excluding hydrogens is 331 g/mol. The van der Waals surface area contributed by atoms with Crippen LogP contribution in [-0.2, 0) is 21.2 Å². The average molecular weight is 350 g/mol. The van der Waals surface area contributed by atoms with E-state index in [4.69, 9.17) is 0 Å². The van der Waals surface area contributed by atoms with Gasteiger partial charge in [0.25, 0.3) is 10.0 Å². The van der Waals surface area contributed by atoms with Gasteiger partial charge in [0, 0.05) is 20.0 Å². The van der Waals surface area contributed by atoms with Crippen LogP contribution in [0.5, 0.6) is 0 Å². The Balaban J connectivity index is 2.41. The molecule has 0 radical (unpaired) electrons. The van der Waals surface area contributed by atoms with Gasteiger partial charge >= 0.3 is 0 Å². The van der Waals surface area contributed by atoms with Crippen molar-refractivity contribution < 1.29 is 17.6 Å². The fourth-order valence-corrected chi connectivity index (χ4v) is 3.23. The maximum Gasteiger partial charge on any atom is 0.261 e. The highest BCUT2D eigenvalue weighted by molar-refractivity contribution is 7.92. The van der Waals surface area contributed by atoms with E-state index >= 15 is 0 Å². The summed E-state index contributed by atoms with van der Waals surface area (Å²) in [6.45, 7) is 3.31. The molecule has 0 fully saturated rings. The van der Waals surface area contributed by atoms with Crippen LogP contribution in [0.25, 0.3) is 0 Å². The molecule has 0 bridgehead atoms. The predicted molar refractivity (Wildman–Crippen MR) is 92.1 cm³/mol. The lowest BCUT2D eigenvalue weighted by atomic mass is 10.2. The monoisotopic (exact) mass is 350 g/mol. The minimum absolute atomic E-state index is 0.00673. The van der Waals surface area contributed by atoms with Crippen LogP contribution in [0.3, 0.4) is 0 Å². The smallest absolute Gasteiger partial charge is 0.261 e. The summed E-state index contributed by atoms with van der Waals surface area (Å²) >= 11 is 0.